The number of carbonyl (C=O) groups is 1. The molecule has 1 aliphatic carbocycles. The van der Waals surface area contributed by atoms with Crippen LogP contribution in [0.25, 0.3) is 0 Å². The van der Waals surface area contributed by atoms with Gasteiger partial charge in [-0.25, -0.2) is 4.79 Å². The summed E-state index contributed by atoms with van der Waals surface area (Å²) < 4.78 is 10.8. The summed E-state index contributed by atoms with van der Waals surface area (Å²) in [6.45, 7) is 9.38. The predicted molar refractivity (Wildman–Crippen MR) is 72.7 cm³/mol. The fraction of sp³-hybridized carbons (Fsp3) is 0.929. The summed E-state index contributed by atoms with van der Waals surface area (Å²) in [5, 5.41) is 12.4. The van der Waals surface area contributed by atoms with E-state index in [4.69, 9.17) is 9.47 Å². The van der Waals surface area contributed by atoms with Crippen LogP contribution in [0, 0.1) is 5.92 Å². The highest BCUT2D eigenvalue weighted by Crippen LogP contribution is 2.33. The molecule has 2 N–H and O–H groups in total. The number of nitrogens with one attached hydrogen (secondary N) is 1. The minimum atomic E-state index is -0.800. The molecule has 0 aliphatic heterocycles. The summed E-state index contributed by atoms with van der Waals surface area (Å²) in [5.74, 6) is 0.450. The molecule has 1 amide bonds. The van der Waals surface area contributed by atoms with Crippen LogP contribution in [0.2, 0.25) is 0 Å². The van der Waals surface area contributed by atoms with Gasteiger partial charge in [0, 0.05) is 0 Å². The van der Waals surface area contributed by atoms with Gasteiger partial charge in [0.05, 0.1) is 12.7 Å². The average molecular weight is 273 g/mol. The highest BCUT2D eigenvalue weighted by molar-refractivity contribution is 5.68. The van der Waals surface area contributed by atoms with Crippen LogP contribution in [-0.4, -0.2) is 35.2 Å². The molecular formula is C14H27NO4. The summed E-state index contributed by atoms with van der Waals surface area (Å²) in [6.07, 6.45) is 2.04. The van der Waals surface area contributed by atoms with Crippen LogP contribution in [0.3, 0.4) is 0 Å². The molecule has 0 aromatic carbocycles. The first-order valence-corrected chi connectivity index (χ1v) is 6.92. The monoisotopic (exact) mass is 273 g/mol. The zero-order valence-electron chi connectivity index (χ0n) is 12.7. The van der Waals surface area contributed by atoms with Crippen molar-refractivity contribution in [3.8, 4) is 0 Å². The molecular weight excluding hydrogens is 246 g/mol. The highest BCUT2D eigenvalue weighted by Gasteiger charge is 2.30. The first kappa shape index (κ1) is 16.2. The van der Waals surface area contributed by atoms with E-state index in [2.05, 4.69) is 5.32 Å². The van der Waals surface area contributed by atoms with Gasteiger partial charge in [0.2, 0.25) is 0 Å². The number of rotatable bonds is 6. The second-order valence-corrected chi connectivity index (χ2v) is 6.68. The van der Waals surface area contributed by atoms with Gasteiger partial charge in [-0.15, -0.1) is 0 Å². The van der Waals surface area contributed by atoms with Gasteiger partial charge in [-0.1, -0.05) is 0 Å². The van der Waals surface area contributed by atoms with Crippen LogP contribution >= 0.6 is 0 Å². The van der Waals surface area contributed by atoms with E-state index in [0.29, 0.717) is 18.9 Å². The minimum Gasteiger partial charge on any atom is -0.444 e. The number of aliphatic hydroxyl groups excluding tert-OH is 1. The van der Waals surface area contributed by atoms with Crippen molar-refractivity contribution in [1.29, 1.82) is 0 Å². The standard InChI is InChI=1S/C14H27NO4/c1-13(2,3)19-12(17)15-14(4,5)18-9-8-11(16)10-6-7-10/h10-11,16H,6-9H2,1-5H3,(H,15,17). The van der Waals surface area contributed by atoms with Crippen molar-refractivity contribution in [2.45, 2.75) is 71.3 Å². The molecule has 1 saturated carbocycles. The Morgan fingerprint density at radius 3 is 2.37 bits per heavy atom. The number of ether oxygens (including phenoxy) is 2. The molecule has 1 atom stereocenters. The molecule has 1 unspecified atom stereocenters. The molecule has 5 heteroatoms. The van der Waals surface area contributed by atoms with Crippen LogP contribution in [0.15, 0.2) is 0 Å². The Kier molecular flexibility index (Phi) is 5.21. The second kappa shape index (κ2) is 6.09. The van der Waals surface area contributed by atoms with Gasteiger partial charge < -0.3 is 14.6 Å². The first-order valence-electron chi connectivity index (χ1n) is 6.92. The van der Waals surface area contributed by atoms with E-state index in [9.17, 15) is 9.90 Å². The maximum Gasteiger partial charge on any atom is 0.409 e. The van der Waals surface area contributed by atoms with E-state index in [1.807, 2.05) is 20.8 Å². The van der Waals surface area contributed by atoms with E-state index in [-0.39, 0.29) is 6.10 Å². The van der Waals surface area contributed by atoms with Gasteiger partial charge in [-0.2, -0.15) is 0 Å². The van der Waals surface area contributed by atoms with Crippen molar-refractivity contribution in [2.75, 3.05) is 6.61 Å². The summed E-state index contributed by atoms with van der Waals surface area (Å²) in [6, 6.07) is 0. The van der Waals surface area contributed by atoms with E-state index in [0.717, 1.165) is 12.8 Å². The predicted octanol–water partition coefficient (Wildman–Crippen LogP) is 2.42. The van der Waals surface area contributed by atoms with Gasteiger partial charge in [0.25, 0.3) is 0 Å². The van der Waals surface area contributed by atoms with Gasteiger partial charge in [0.15, 0.2) is 0 Å². The average Bonchev–Trinajstić information content (AvgIpc) is 2.94. The summed E-state index contributed by atoms with van der Waals surface area (Å²) in [4.78, 5) is 11.6. The lowest BCUT2D eigenvalue weighted by atomic mass is 10.2. The topological polar surface area (TPSA) is 67.8 Å². The van der Waals surface area contributed by atoms with Crippen LogP contribution < -0.4 is 5.32 Å². The lowest BCUT2D eigenvalue weighted by Crippen LogP contribution is -2.48. The number of hydrogen-bond acceptors (Lipinski definition) is 4. The fourth-order valence-corrected chi connectivity index (χ4v) is 1.74. The largest absolute Gasteiger partial charge is 0.444 e. The minimum absolute atomic E-state index is 0.280. The number of aliphatic hydroxyl groups is 1. The molecule has 0 heterocycles. The van der Waals surface area contributed by atoms with Gasteiger partial charge in [-0.05, 0) is 59.8 Å². The van der Waals surface area contributed by atoms with Crippen molar-refractivity contribution in [1.82, 2.24) is 5.32 Å². The number of hydrogen-bond donors (Lipinski definition) is 2. The molecule has 19 heavy (non-hydrogen) atoms. The Morgan fingerprint density at radius 1 is 1.32 bits per heavy atom. The molecule has 0 aromatic rings. The molecule has 0 spiro atoms. The third kappa shape index (κ3) is 7.38. The molecule has 0 radical (unpaired) electrons. The molecule has 0 aromatic heterocycles. The van der Waals surface area contributed by atoms with Crippen molar-refractivity contribution in [3.63, 3.8) is 0 Å². The lowest BCUT2D eigenvalue weighted by molar-refractivity contribution is -0.0583. The Balaban J connectivity index is 2.24. The lowest BCUT2D eigenvalue weighted by Gasteiger charge is -2.29. The maximum atomic E-state index is 11.6. The molecule has 5 nitrogen and oxygen atoms in total. The normalized spacial score (nSPS) is 18.0. The Bertz CT molecular complexity index is 305. The third-order valence-electron chi connectivity index (χ3n) is 2.84. The highest BCUT2D eigenvalue weighted by atomic mass is 16.6. The number of alkyl carbamates (subject to hydrolysis) is 1. The zero-order chi connectivity index (χ0) is 14.7. The van der Waals surface area contributed by atoms with Crippen molar-refractivity contribution in [2.24, 2.45) is 5.92 Å². The second-order valence-electron chi connectivity index (χ2n) is 6.68. The van der Waals surface area contributed by atoms with E-state index < -0.39 is 17.4 Å². The van der Waals surface area contributed by atoms with Crippen molar-refractivity contribution in [3.05, 3.63) is 0 Å². The first-order chi connectivity index (χ1) is 8.59. The Hall–Kier alpha value is -0.810. The molecule has 0 saturated heterocycles. The molecule has 0 bridgehead atoms. The number of amides is 1. The van der Waals surface area contributed by atoms with Crippen LogP contribution in [0.5, 0.6) is 0 Å². The van der Waals surface area contributed by atoms with Crippen LogP contribution in [0.1, 0.15) is 53.9 Å². The van der Waals surface area contributed by atoms with E-state index in [1.165, 1.54) is 0 Å². The quantitative estimate of drug-likeness (QED) is 0.729. The van der Waals surface area contributed by atoms with E-state index in [1.54, 1.807) is 13.8 Å². The van der Waals surface area contributed by atoms with E-state index >= 15 is 0 Å². The molecule has 1 aliphatic rings. The number of carbonyl (C=O) groups excluding carboxylic acids is 1. The smallest absolute Gasteiger partial charge is 0.409 e. The van der Waals surface area contributed by atoms with Crippen LogP contribution in [0.4, 0.5) is 4.79 Å². The Morgan fingerprint density at radius 2 is 1.89 bits per heavy atom. The van der Waals surface area contributed by atoms with Crippen LogP contribution in [-0.2, 0) is 9.47 Å². The van der Waals surface area contributed by atoms with Gasteiger partial charge >= 0.3 is 6.09 Å². The zero-order valence-corrected chi connectivity index (χ0v) is 12.7. The van der Waals surface area contributed by atoms with Gasteiger partial charge in [-0.3, -0.25) is 5.32 Å². The third-order valence-corrected chi connectivity index (χ3v) is 2.84. The molecule has 1 fully saturated rings. The maximum absolute atomic E-state index is 11.6. The SMILES string of the molecule is CC(C)(C)OC(=O)NC(C)(C)OCCC(O)C1CC1. The summed E-state index contributed by atoms with van der Waals surface area (Å²) in [5.41, 5.74) is -1.33. The fourth-order valence-electron chi connectivity index (χ4n) is 1.74. The summed E-state index contributed by atoms with van der Waals surface area (Å²) >= 11 is 0. The summed E-state index contributed by atoms with van der Waals surface area (Å²) in [7, 11) is 0. The Labute approximate surface area is 115 Å². The van der Waals surface area contributed by atoms with Crippen molar-refractivity contribution < 1.29 is 19.4 Å². The molecule has 112 valence electrons. The van der Waals surface area contributed by atoms with Crippen molar-refractivity contribution >= 4 is 6.09 Å². The molecule has 1 rings (SSSR count). The van der Waals surface area contributed by atoms with Gasteiger partial charge in [0.1, 0.15) is 11.3 Å².